The molecule has 27 heavy (non-hydrogen) atoms. The van der Waals surface area contributed by atoms with E-state index < -0.39 is 11.3 Å². The van der Waals surface area contributed by atoms with Crippen LogP contribution < -0.4 is 16.2 Å². The number of rotatable bonds is 2. The summed E-state index contributed by atoms with van der Waals surface area (Å²) in [4.78, 5) is 30.5. The molecule has 0 atom stereocenters. The highest BCUT2D eigenvalue weighted by Crippen LogP contribution is 2.28. The molecule has 0 saturated carbocycles. The molecule has 0 radical (unpaired) electrons. The number of nitrogens with two attached hydrogens (primary N) is 1. The molecule has 2 aliphatic rings. The molecule has 0 aromatic carbocycles. The Morgan fingerprint density at radius 1 is 1.30 bits per heavy atom. The van der Waals surface area contributed by atoms with Crippen molar-refractivity contribution in [2.75, 3.05) is 23.7 Å². The summed E-state index contributed by atoms with van der Waals surface area (Å²) in [5.74, 6) is 0.0264. The lowest BCUT2D eigenvalue weighted by molar-refractivity contribution is -0.113. The van der Waals surface area contributed by atoms with E-state index >= 15 is 0 Å². The van der Waals surface area contributed by atoms with Gasteiger partial charge in [0, 0.05) is 13.1 Å². The molecule has 2 aromatic rings. The number of ketones is 1. The van der Waals surface area contributed by atoms with Crippen molar-refractivity contribution in [3.05, 3.63) is 45.5 Å². The highest BCUT2D eigenvalue weighted by molar-refractivity contribution is 7.20. The Morgan fingerprint density at radius 2 is 2.04 bits per heavy atom. The topological polar surface area (TPSA) is 114 Å². The van der Waals surface area contributed by atoms with Gasteiger partial charge in [0.05, 0.1) is 5.56 Å². The Balaban J connectivity index is 1.74. The number of anilines is 2. The van der Waals surface area contributed by atoms with E-state index in [0.717, 1.165) is 31.1 Å². The Labute approximate surface area is 158 Å². The van der Waals surface area contributed by atoms with Gasteiger partial charge in [0.2, 0.25) is 15.9 Å². The molecule has 1 saturated heterocycles. The van der Waals surface area contributed by atoms with Crippen molar-refractivity contribution >= 4 is 39.1 Å². The van der Waals surface area contributed by atoms with Crippen LogP contribution in [0, 0.1) is 5.92 Å². The molecule has 4 rings (SSSR count). The second kappa shape index (κ2) is 6.66. The summed E-state index contributed by atoms with van der Waals surface area (Å²) in [5, 5.41) is 14.9. The van der Waals surface area contributed by atoms with E-state index in [4.69, 9.17) is 5.73 Å². The van der Waals surface area contributed by atoms with E-state index in [0.29, 0.717) is 16.5 Å². The summed E-state index contributed by atoms with van der Waals surface area (Å²) < 4.78 is 1.48. The number of hydrogen-bond donors (Lipinski definition) is 2. The second-order valence-electron chi connectivity index (χ2n) is 6.84. The van der Waals surface area contributed by atoms with Crippen LogP contribution in [0.25, 0.3) is 11.0 Å². The third-order valence-corrected chi connectivity index (χ3v) is 5.80. The summed E-state index contributed by atoms with van der Waals surface area (Å²) in [5.41, 5.74) is 6.38. The summed E-state index contributed by atoms with van der Waals surface area (Å²) >= 11 is 1.34. The molecule has 8 nitrogen and oxygen atoms in total. The molecule has 1 aliphatic heterocycles. The molecular weight excluding hydrogens is 366 g/mol. The van der Waals surface area contributed by atoms with E-state index in [1.54, 1.807) is 0 Å². The van der Waals surface area contributed by atoms with Crippen LogP contribution in [-0.4, -0.2) is 38.6 Å². The van der Waals surface area contributed by atoms with Crippen LogP contribution in [0.4, 0.5) is 10.9 Å². The van der Waals surface area contributed by atoms with Gasteiger partial charge in [-0.15, -0.1) is 5.10 Å². The van der Waals surface area contributed by atoms with E-state index in [1.807, 2.05) is 0 Å². The van der Waals surface area contributed by atoms with Gasteiger partial charge in [0.1, 0.15) is 5.82 Å². The maximum atomic E-state index is 12.4. The first kappa shape index (κ1) is 17.5. The van der Waals surface area contributed by atoms with Crippen molar-refractivity contribution in [2.24, 2.45) is 5.92 Å². The molecule has 0 bridgehead atoms. The van der Waals surface area contributed by atoms with E-state index in [2.05, 4.69) is 21.9 Å². The van der Waals surface area contributed by atoms with Gasteiger partial charge in [-0.25, -0.2) is 0 Å². The highest BCUT2D eigenvalue weighted by Gasteiger charge is 2.21. The van der Waals surface area contributed by atoms with Gasteiger partial charge in [0.25, 0.3) is 5.56 Å². The minimum absolute atomic E-state index is 0.176. The Hall–Kier alpha value is -2.94. The third-order valence-electron chi connectivity index (χ3n) is 4.83. The number of nitrogen functional groups attached to an aromatic ring is 1. The van der Waals surface area contributed by atoms with Gasteiger partial charge < -0.3 is 15.7 Å². The number of aliphatic hydroxyl groups is 1. The zero-order valence-electron chi connectivity index (χ0n) is 14.8. The van der Waals surface area contributed by atoms with Crippen LogP contribution in [0.3, 0.4) is 0 Å². The highest BCUT2D eigenvalue weighted by atomic mass is 32.1. The van der Waals surface area contributed by atoms with Gasteiger partial charge in [0.15, 0.2) is 5.76 Å². The van der Waals surface area contributed by atoms with Crippen molar-refractivity contribution in [3.63, 3.8) is 0 Å². The average Bonchev–Trinajstić information content (AvgIpc) is 3.06. The van der Waals surface area contributed by atoms with Crippen molar-refractivity contribution in [1.82, 2.24) is 14.6 Å². The predicted octanol–water partition coefficient (Wildman–Crippen LogP) is 1.93. The van der Waals surface area contributed by atoms with E-state index in [1.165, 1.54) is 40.2 Å². The fraction of sp³-hybridized carbons (Fsp3) is 0.333. The van der Waals surface area contributed by atoms with Crippen LogP contribution in [0.2, 0.25) is 0 Å². The second-order valence-corrected chi connectivity index (χ2v) is 7.77. The molecule has 1 aliphatic carbocycles. The Morgan fingerprint density at radius 3 is 2.74 bits per heavy atom. The van der Waals surface area contributed by atoms with Crippen molar-refractivity contribution in [1.29, 1.82) is 0 Å². The number of allylic oxidation sites excluding steroid dienone is 4. The fourth-order valence-electron chi connectivity index (χ4n) is 3.13. The Kier molecular flexibility index (Phi) is 4.31. The lowest BCUT2D eigenvalue weighted by Gasteiger charge is -2.29. The van der Waals surface area contributed by atoms with Crippen LogP contribution in [0.1, 0.15) is 25.3 Å². The zero-order chi connectivity index (χ0) is 19.1. The standard InChI is InChI=1S/C18H19N5O3S/c1-10-4-6-22(7-5-10)18-21-23-15(19)12(16(26)20-17(23)27-18)8-11-2-3-13(24)14(25)9-11/h2-3,8-10,25H,4-7,19H2,1H3/b11-8+. The minimum atomic E-state index is -0.481. The molecule has 1 fully saturated rings. The van der Waals surface area contributed by atoms with Crippen LogP contribution in [-0.2, 0) is 4.79 Å². The monoisotopic (exact) mass is 385 g/mol. The van der Waals surface area contributed by atoms with E-state index in [-0.39, 0.29) is 17.1 Å². The summed E-state index contributed by atoms with van der Waals surface area (Å²) in [6, 6.07) is 0. The lowest BCUT2D eigenvalue weighted by Crippen LogP contribution is -2.32. The lowest BCUT2D eigenvalue weighted by atomic mass is 10.00. The fourth-order valence-corrected chi connectivity index (χ4v) is 4.08. The molecule has 2 aromatic heterocycles. The molecular formula is C18H19N5O3S. The summed E-state index contributed by atoms with van der Waals surface area (Å²) in [6.45, 7) is 4.09. The smallest absolute Gasteiger partial charge is 0.283 e. The molecule has 9 heteroatoms. The molecule has 0 unspecified atom stereocenters. The normalized spacial score (nSPS) is 19.9. The van der Waals surface area contributed by atoms with Crippen molar-refractivity contribution < 1.29 is 9.90 Å². The van der Waals surface area contributed by atoms with Gasteiger partial charge in [-0.1, -0.05) is 24.3 Å². The van der Waals surface area contributed by atoms with Crippen molar-refractivity contribution in [2.45, 2.75) is 19.8 Å². The number of carbonyl (C=O) groups is 1. The number of aromatic nitrogens is 3. The maximum Gasteiger partial charge on any atom is 0.283 e. The largest absolute Gasteiger partial charge is 0.504 e. The predicted molar refractivity (Wildman–Crippen MR) is 105 cm³/mol. The zero-order valence-corrected chi connectivity index (χ0v) is 15.6. The van der Waals surface area contributed by atoms with Gasteiger partial charge in [-0.2, -0.15) is 9.50 Å². The van der Waals surface area contributed by atoms with Crippen LogP contribution in [0.15, 0.2) is 34.4 Å². The summed E-state index contributed by atoms with van der Waals surface area (Å²) in [6.07, 6.45) is 7.74. The first-order chi connectivity index (χ1) is 12.9. The summed E-state index contributed by atoms with van der Waals surface area (Å²) in [7, 11) is 0. The number of hydrogen-bond acceptors (Lipinski definition) is 8. The first-order valence-corrected chi connectivity index (χ1v) is 9.53. The number of carbonyl (C=O) groups excluding carboxylic acids is 1. The van der Waals surface area contributed by atoms with E-state index in [9.17, 15) is 14.7 Å². The van der Waals surface area contributed by atoms with Gasteiger partial charge in [-0.05, 0) is 42.6 Å². The molecule has 140 valence electrons. The average molecular weight is 385 g/mol. The van der Waals surface area contributed by atoms with Gasteiger partial charge >= 0.3 is 0 Å². The first-order valence-electron chi connectivity index (χ1n) is 8.71. The molecule has 3 heterocycles. The number of fused-ring (bicyclic) bond motifs is 1. The third kappa shape index (κ3) is 3.25. The molecule has 3 N–H and O–H groups in total. The SMILES string of the molecule is CC1CCN(c2nn3c(N)c(/C=C4\C=CC(=O)C(O)=C4)c(=O)nc3s2)CC1. The Bertz CT molecular complexity index is 1070. The van der Waals surface area contributed by atoms with Crippen LogP contribution >= 0.6 is 11.3 Å². The minimum Gasteiger partial charge on any atom is -0.504 e. The molecule has 0 amide bonds. The number of piperidine rings is 1. The van der Waals surface area contributed by atoms with Crippen LogP contribution in [0.5, 0.6) is 0 Å². The number of nitrogens with zero attached hydrogens (tertiary/aromatic N) is 4. The maximum absolute atomic E-state index is 12.4. The molecule has 0 spiro atoms. The van der Waals surface area contributed by atoms with Crippen molar-refractivity contribution in [3.8, 4) is 0 Å². The number of aliphatic hydroxyl groups excluding tert-OH is 1. The van der Waals surface area contributed by atoms with Gasteiger partial charge in [-0.3, -0.25) is 9.59 Å². The quantitative estimate of drug-likeness (QED) is 0.812.